The molecule has 0 amide bonds. The second-order valence-corrected chi connectivity index (χ2v) is 8.06. The number of benzene rings is 1. The number of carbonyl (C=O) groups is 1. The molecule has 28 heavy (non-hydrogen) atoms. The van der Waals surface area contributed by atoms with Gasteiger partial charge in [-0.1, -0.05) is 29.0 Å². The smallest absolute Gasteiger partial charge is 0.332 e. The minimum atomic E-state index is -1.02. The summed E-state index contributed by atoms with van der Waals surface area (Å²) in [6.45, 7) is 5.42. The molecule has 3 rings (SSSR count). The van der Waals surface area contributed by atoms with E-state index in [4.69, 9.17) is 0 Å². The Morgan fingerprint density at radius 3 is 2.25 bits per heavy atom. The lowest BCUT2D eigenvalue weighted by Gasteiger charge is -2.13. The summed E-state index contributed by atoms with van der Waals surface area (Å²) in [5.74, 6) is -0.686. The van der Waals surface area contributed by atoms with Gasteiger partial charge in [0.25, 0.3) is 5.56 Å². The van der Waals surface area contributed by atoms with Crippen molar-refractivity contribution >= 4 is 28.8 Å². The van der Waals surface area contributed by atoms with Gasteiger partial charge in [0.05, 0.1) is 0 Å². The van der Waals surface area contributed by atoms with E-state index >= 15 is 0 Å². The van der Waals surface area contributed by atoms with Gasteiger partial charge in [-0.2, -0.15) is 0 Å². The number of fused-ring (bicyclic) bond motifs is 1. The predicted octanol–water partition coefficient (Wildman–Crippen LogP) is 1.88. The molecule has 0 aliphatic carbocycles. The van der Waals surface area contributed by atoms with E-state index in [1.807, 2.05) is 32.0 Å². The molecule has 1 N–H and O–H groups in total. The Balaban J connectivity index is 2.41. The molecule has 0 aliphatic heterocycles. The summed E-state index contributed by atoms with van der Waals surface area (Å²) in [5, 5.41) is 8.84. The zero-order chi connectivity index (χ0) is 20.7. The number of carboxylic acid groups (broad SMARTS) is 1. The normalized spacial score (nSPS) is 12.3. The lowest BCUT2D eigenvalue weighted by Crippen LogP contribution is -2.37. The number of thioether (sulfide) groups is 1. The highest BCUT2D eigenvalue weighted by Gasteiger charge is 2.22. The summed E-state index contributed by atoms with van der Waals surface area (Å²) < 4.78 is 2.25. The first-order valence-corrected chi connectivity index (χ1v) is 9.44. The van der Waals surface area contributed by atoms with Crippen molar-refractivity contribution in [2.24, 2.45) is 14.1 Å². The third-order valence-electron chi connectivity index (χ3n) is 4.38. The largest absolute Gasteiger partial charge is 0.480 e. The Morgan fingerprint density at radius 2 is 1.68 bits per heavy atom. The van der Waals surface area contributed by atoms with Crippen molar-refractivity contribution in [1.82, 2.24) is 19.1 Å². The van der Waals surface area contributed by atoms with Crippen LogP contribution in [-0.2, 0) is 18.9 Å². The van der Waals surface area contributed by atoms with Crippen LogP contribution in [0.2, 0.25) is 0 Å². The van der Waals surface area contributed by atoms with Gasteiger partial charge >= 0.3 is 11.7 Å². The number of aliphatic carboxylic acids is 1. The summed E-state index contributed by atoms with van der Waals surface area (Å²) in [6.07, 6.45) is 0. The molecule has 0 fully saturated rings. The molecule has 146 valence electrons. The Morgan fingerprint density at radius 1 is 1.07 bits per heavy atom. The van der Waals surface area contributed by atoms with E-state index in [0.29, 0.717) is 5.82 Å². The summed E-state index contributed by atoms with van der Waals surface area (Å²) in [5.41, 5.74) is 1.89. The van der Waals surface area contributed by atoms with E-state index in [0.717, 1.165) is 33.0 Å². The van der Waals surface area contributed by atoms with Crippen molar-refractivity contribution in [2.75, 3.05) is 0 Å². The summed E-state index contributed by atoms with van der Waals surface area (Å²) in [4.78, 5) is 45.4. The van der Waals surface area contributed by atoms with Gasteiger partial charge in [0.15, 0.2) is 11.5 Å². The Labute approximate surface area is 164 Å². The van der Waals surface area contributed by atoms with Gasteiger partial charge in [-0.15, -0.1) is 0 Å². The van der Waals surface area contributed by atoms with Crippen molar-refractivity contribution in [3.05, 3.63) is 50.2 Å². The number of aromatic nitrogens is 4. The third-order valence-corrected chi connectivity index (χ3v) is 5.46. The van der Waals surface area contributed by atoms with Crippen LogP contribution in [0.5, 0.6) is 0 Å². The molecule has 1 aromatic carbocycles. The molecule has 0 saturated carbocycles. The Bertz CT molecular complexity index is 1210. The second-order valence-electron chi connectivity index (χ2n) is 6.73. The maximum absolute atomic E-state index is 12.7. The average molecular weight is 400 g/mol. The van der Waals surface area contributed by atoms with Gasteiger partial charge in [-0.25, -0.2) is 14.8 Å². The summed E-state index contributed by atoms with van der Waals surface area (Å²) >= 11 is 0.956. The van der Waals surface area contributed by atoms with Crippen LogP contribution in [0.25, 0.3) is 22.4 Å². The fourth-order valence-corrected chi connectivity index (χ4v) is 3.84. The van der Waals surface area contributed by atoms with Gasteiger partial charge in [-0.3, -0.25) is 18.7 Å². The van der Waals surface area contributed by atoms with E-state index in [9.17, 15) is 19.5 Å². The molecule has 0 bridgehead atoms. The lowest BCUT2D eigenvalue weighted by molar-refractivity contribution is -0.136. The van der Waals surface area contributed by atoms with Crippen molar-refractivity contribution in [2.45, 2.75) is 31.0 Å². The topological polar surface area (TPSA) is 107 Å². The van der Waals surface area contributed by atoms with E-state index in [1.165, 1.54) is 25.6 Å². The fourth-order valence-electron chi connectivity index (χ4n) is 2.96. The van der Waals surface area contributed by atoms with Crippen LogP contribution in [0.15, 0.2) is 32.8 Å². The number of nitrogens with zero attached hydrogens (tertiary/aromatic N) is 4. The summed E-state index contributed by atoms with van der Waals surface area (Å²) in [7, 11) is 2.90. The zero-order valence-corrected chi connectivity index (χ0v) is 17.0. The molecule has 9 heteroatoms. The van der Waals surface area contributed by atoms with Gasteiger partial charge in [0, 0.05) is 19.7 Å². The van der Waals surface area contributed by atoms with Gasteiger partial charge in [-0.05, 0) is 32.9 Å². The van der Waals surface area contributed by atoms with Crippen molar-refractivity contribution in [3.8, 4) is 11.4 Å². The highest BCUT2D eigenvalue weighted by Crippen LogP contribution is 2.29. The van der Waals surface area contributed by atoms with E-state index in [2.05, 4.69) is 9.97 Å². The minimum absolute atomic E-state index is 0.135. The first-order valence-electron chi connectivity index (χ1n) is 8.56. The average Bonchev–Trinajstić information content (AvgIpc) is 2.63. The first-order chi connectivity index (χ1) is 13.1. The van der Waals surface area contributed by atoms with E-state index in [1.54, 1.807) is 0 Å². The molecule has 2 heterocycles. The number of aryl methyl sites for hydroxylation is 3. The van der Waals surface area contributed by atoms with Gasteiger partial charge in [0.2, 0.25) is 0 Å². The molecule has 1 atom stereocenters. The highest BCUT2D eigenvalue weighted by atomic mass is 32.2. The SMILES string of the molecule is Cc1cc(C)cc(-c2nc(S[C@H](C)C(=O)O)c3c(=O)n(C)c(=O)n(C)c3n2)c1. The molecule has 0 unspecified atom stereocenters. The van der Waals surface area contributed by atoms with Crippen molar-refractivity contribution in [3.63, 3.8) is 0 Å². The van der Waals surface area contributed by atoms with Crippen LogP contribution >= 0.6 is 11.8 Å². The maximum atomic E-state index is 12.7. The van der Waals surface area contributed by atoms with Crippen molar-refractivity contribution < 1.29 is 9.90 Å². The van der Waals surface area contributed by atoms with E-state index < -0.39 is 22.5 Å². The first kappa shape index (κ1) is 19.8. The third kappa shape index (κ3) is 3.45. The molecule has 8 nitrogen and oxygen atoms in total. The Hall–Kier alpha value is -2.94. The molecule has 2 aromatic heterocycles. The van der Waals surface area contributed by atoms with Crippen LogP contribution < -0.4 is 11.2 Å². The fraction of sp³-hybridized carbons (Fsp3) is 0.316. The van der Waals surface area contributed by atoms with Crippen molar-refractivity contribution in [1.29, 1.82) is 0 Å². The molecule has 3 aromatic rings. The molecule has 0 radical (unpaired) electrons. The van der Waals surface area contributed by atoms with Crippen LogP contribution in [-0.4, -0.2) is 35.4 Å². The zero-order valence-electron chi connectivity index (χ0n) is 16.2. The minimum Gasteiger partial charge on any atom is -0.480 e. The standard InChI is InChI=1S/C19H20N4O4S/c1-9-6-10(2)8-12(7-9)14-20-15-13(16(21-14)28-11(3)18(25)26)17(24)23(5)19(27)22(15)4/h6-8,11H,1-5H3,(H,25,26)/t11-/m1/s1. The number of carboxylic acids is 1. The highest BCUT2D eigenvalue weighted by molar-refractivity contribution is 8.00. The van der Waals surface area contributed by atoms with Crippen LogP contribution in [0.4, 0.5) is 0 Å². The number of hydrogen-bond donors (Lipinski definition) is 1. The Kier molecular flexibility index (Phi) is 5.12. The quantitative estimate of drug-likeness (QED) is 0.526. The molecule has 0 spiro atoms. The molecule has 0 aliphatic rings. The second kappa shape index (κ2) is 7.23. The number of rotatable bonds is 4. The van der Waals surface area contributed by atoms with Crippen LogP contribution in [0.1, 0.15) is 18.1 Å². The monoisotopic (exact) mass is 400 g/mol. The molecule has 0 saturated heterocycles. The molecular formula is C19H20N4O4S. The predicted molar refractivity (Wildman–Crippen MR) is 108 cm³/mol. The van der Waals surface area contributed by atoms with Crippen LogP contribution in [0.3, 0.4) is 0 Å². The van der Waals surface area contributed by atoms with E-state index in [-0.39, 0.29) is 16.1 Å². The maximum Gasteiger partial charge on any atom is 0.332 e. The lowest BCUT2D eigenvalue weighted by atomic mass is 10.1. The summed E-state index contributed by atoms with van der Waals surface area (Å²) in [6, 6.07) is 5.82. The van der Waals surface area contributed by atoms with Gasteiger partial charge < -0.3 is 5.11 Å². The van der Waals surface area contributed by atoms with Gasteiger partial charge in [0.1, 0.15) is 15.7 Å². The number of hydrogen-bond acceptors (Lipinski definition) is 6. The molecular weight excluding hydrogens is 380 g/mol. The van der Waals surface area contributed by atoms with Crippen LogP contribution in [0, 0.1) is 13.8 Å².